The minimum absolute atomic E-state index is 0.156. The zero-order valence-electron chi connectivity index (χ0n) is 11.9. The van der Waals surface area contributed by atoms with E-state index in [0.717, 1.165) is 0 Å². The Morgan fingerprint density at radius 1 is 1.00 bits per heavy atom. The number of urea groups is 1. The average molecular weight is 265 g/mol. The number of anilines is 1. The lowest BCUT2D eigenvalue weighted by molar-refractivity contribution is 0.172. The number of amides is 3. The summed E-state index contributed by atoms with van der Waals surface area (Å²) >= 11 is 0. The monoisotopic (exact) mass is 265 g/mol. The number of carbonyl (C=O) groups is 2. The molecule has 6 heteroatoms. The van der Waals surface area contributed by atoms with E-state index in [4.69, 9.17) is 4.74 Å². The van der Waals surface area contributed by atoms with E-state index in [0.29, 0.717) is 11.4 Å². The molecule has 0 aromatic heterocycles. The summed E-state index contributed by atoms with van der Waals surface area (Å²) in [6.07, 6.45) is -0.460. The smallest absolute Gasteiger partial charge is 0.410 e. The summed E-state index contributed by atoms with van der Waals surface area (Å²) in [7, 11) is 8.22. The summed E-state index contributed by atoms with van der Waals surface area (Å²) in [6, 6.07) is 6.65. The van der Waals surface area contributed by atoms with Crippen LogP contribution in [0.25, 0.3) is 0 Å². The maximum Gasteiger partial charge on any atom is 0.414 e. The highest BCUT2D eigenvalue weighted by Crippen LogP contribution is 2.21. The molecular weight excluding hydrogens is 246 g/mol. The van der Waals surface area contributed by atoms with Crippen molar-refractivity contribution in [3.8, 4) is 5.75 Å². The number of hydrogen-bond donors (Lipinski definition) is 0. The predicted molar refractivity (Wildman–Crippen MR) is 73.6 cm³/mol. The van der Waals surface area contributed by atoms with E-state index in [1.54, 1.807) is 59.5 Å². The molecule has 0 aliphatic heterocycles. The van der Waals surface area contributed by atoms with Gasteiger partial charge in [0.2, 0.25) is 0 Å². The summed E-state index contributed by atoms with van der Waals surface area (Å²) in [5, 5.41) is 0. The summed E-state index contributed by atoms with van der Waals surface area (Å²) in [4.78, 5) is 27.6. The van der Waals surface area contributed by atoms with Crippen molar-refractivity contribution in [2.75, 3.05) is 40.1 Å². The van der Waals surface area contributed by atoms with E-state index in [2.05, 4.69) is 0 Å². The van der Waals surface area contributed by atoms with Crippen LogP contribution in [-0.4, -0.2) is 57.2 Å². The van der Waals surface area contributed by atoms with Gasteiger partial charge in [-0.2, -0.15) is 0 Å². The summed E-state index contributed by atoms with van der Waals surface area (Å²) in [5.41, 5.74) is 0.655. The largest absolute Gasteiger partial charge is 0.414 e. The molecule has 0 N–H and O–H groups in total. The summed E-state index contributed by atoms with van der Waals surface area (Å²) in [6.45, 7) is 0. The van der Waals surface area contributed by atoms with Crippen LogP contribution in [-0.2, 0) is 0 Å². The Morgan fingerprint density at radius 2 is 1.63 bits per heavy atom. The molecule has 0 bridgehead atoms. The highest BCUT2D eigenvalue weighted by molar-refractivity contribution is 5.91. The van der Waals surface area contributed by atoms with Crippen LogP contribution < -0.4 is 9.64 Å². The molecule has 19 heavy (non-hydrogen) atoms. The van der Waals surface area contributed by atoms with Gasteiger partial charge < -0.3 is 14.5 Å². The lowest BCUT2D eigenvalue weighted by Crippen LogP contribution is -2.36. The lowest BCUT2D eigenvalue weighted by atomic mass is 10.3. The maximum atomic E-state index is 11.8. The Bertz CT molecular complexity index is 472. The predicted octanol–water partition coefficient (Wildman–Crippen LogP) is 1.86. The van der Waals surface area contributed by atoms with Crippen molar-refractivity contribution in [1.82, 2.24) is 9.80 Å². The number of hydrogen-bond acceptors (Lipinski definition) is 3. The van der Waals surface area contributed by atoms with Crippen LogP contribution >= 0.6 is 0 Å². The SMILES string of the molecule is CN(C)C(=O)Oc1cccc(N(C)C(=O)N(C)C)c1. The number of benzene rings is 1. The first kappa shape index (κ1) is 14.8. The highest BCUT2D eigenvalue weighted by Gasteiger charge is 2.14. The van der Waals surface area contributed by atoms with Gasteiger partial charge in [-0.1, -0.05) is 6.07 Å². The first-order valence-corrected chi connectivity index (χ1v) is 5.77. The van der Waals surface area contributed by atoms with Gasteiger partial charge in [-0.05, 0) is 12.1 Å². The third-order valence-corrected chi connectivity index (χ3v) is 2.44. The first-order chi connectivity index (χ1) is 8.82. The van der Waals surface area contributed by atoms with Crippen LogP contribution in [0.3, 0.4) is 0 Å². The van der Waals surface area contributed by atoms with E-state index in [1.165, 1.54) is 14.7 Å². The molecule has 1 aromatic rings. The fraction of sp³-hybridized carbons (Fsp3) is 0.385. The van der Waals surface area contributed by atoms with Gasteiger partial charge in [0.25, 0.3) is 0 Å². The molecule has 6 nitrogen and oxygen atoms in total. The molecule has 104 valence electrons. The second-order valence-corrected chi connectivity index (χ2v) is 4.50. The lowest BCUT2D eigenvalue weighted by Gasteiger charge is -2.22. The quantitative estimate of drug-likeness (QED) is 0.820. The maximum absolute atomic E-state index is 11.8. The Labute approximate surface area is 113 Å². The first-order valence-electron chi connectivity index (χ1n) is 5.77. The van der Waals surface area contributed by atoms with Crippen molar-refractivity contribution >= 4 is 17.8 Å². The fourth-order valence-electron chi connectivity index (χ4n) is 1.36. The Hall–Kier alpha value is -2.24. The molecule has 0 radical (unpaired) electrons. The van der Waals surface area contributed by atoms with E-state index in [-0.39, 0.29) is 6.03 Å². The summed E-state index contributed by atoms with van der Waals surface area (Å²) < 4.78 is 5.14. The van der Waals surface area contributed by atoms with Crippen LogP contribution in [0.2, 0.25) is 0 Å². The van der Waals surface area contributed by atoms with E-state index in [1.807, 2.05) is 0 Å². The minimum Gasteiger partial charge on any atom is -0.410 e. The standard InChI is InChI=1S/C13H19N3O3/c1-14(2)12(17)16(5)10-7-6-8-11(9-10)19-13(18)15(3)4/h6-9H,1-5H3. The normalized spacial score (nSPS) is 9.74. The van der Waals surface area contributed by atoms with Crippen LogP contribution in [0.1, 0.15) is 0 Å². The van der Waals surface area contributed by atoms with Crippen molar-refractivity contribution in [2.24, 2.45) is 0 Å². The zero-order chi connectivity index (χ0) is 14.6. The fourth-order valence-corrected chi connectivity index (χ4v) is 1.36. The highest BCUT2D eigenvalue weighted by atomic mass is 16.6. The number of carbonyl (C=O) groups excluding carboxylic acids is 2. The van der Waals surface area contributed by atoms with Crippen LogP contribution in [0.4, 0.5) is 15.3 Å². The molecule has 0 spiro atoms. The summed E-state index contributed by atoms with van der Waals surface area (Å²) in [5.74, 6) is 0.398. The van der Waals surface area contributed by atoms with E-state index in [9.17, 15) is 9.59 Å². The van der Waals surface area contributed by atoms with Gasteiger partial charge in [-0.3, -0.25) is 4.90 Å². The van der Waals surface area contributed by atoms with Gasteiger partial charge in [-0.15, -0.1) is 0 Å². The van der Waals surface area contributed by atoms with Crippen molar-refractivity contribution in [3.05, 3.63) is 24.3 Å². The molecule has 0 aliphatic carbocycles. The minimum atomic E-state index is -0.460. The third kappa shape index (κ3) is 3.87. The molecule has 0 unspecified atom stereocenters. The topological polar surface area (TPSA) is 53.1 Å². The molecular formula is C13H19N3O3. The van der Waals surface area contributed by atoms with Gasteiger partial charge >= 0.3 is 12.1 Å². The molecule has 1 aromatic carbocycles. The van der Waals surface area contributed by atoms with Crippen molar-refractivity contribution in [2.45, 2.75) is 0 Å². The molecule has 0 heterocycles. The molecule has 0 atom stereocenters. The molecule has 0 saturated heterocycles. The second-order valence-electron chi connectivity index (χ2n) is 4.50. The Morgan fingerprint density at radius 3 is 2.16 bits per heavy atom. The number of ether oxygens (including phenoxy) is 1. The van der Waals surface area contributed by atoms with Crippen LogP contribution in [0.15, 0.2) is 24.3 Å². The van der Waals surface area contributed by atoms with Gasteiger partial charge in [0.1, 0.15) is 5.75 Å². The van der Waals surface area contributed by atoms with Gasteiger partial charge in [-0.25, -0.2) is 9.59 Å². The molecule has 0 saturated carbocycles. The van der Waals surface area contributed by atoms with E-state index >= 15 is 0 Å². The third-order valence-electron chi connectivity index (χ3n) is 2.44. The average Bonchev–Trinajstić information content (AvgIpc) is 2.37. The second kappa shape index (κ2) is 6.08. The number of nitrogens with zero attached hydrogens (tertiary/aromatic N) is 3. The molecule has 0 fully saturated rings. The van der Waals surface area contributed by atoms with Crippen LogP contribution in [0.5, 0.6) is 5.75 Å². The van der Waals surface area contributed by atoms with Gasteiger partial charge in [0.05, 0.1) is 0 Å². The van der Waals surface area contributed by atoms with Crippen LogP contribution in [0, 0.1) is 0 Å². The molecule has 3 amide bonds. The van der Waals surface area contributed by atoms with Gasteiger partial charge in [0, 0.05) is 47.0 Å². The zero-order valence-corrected chi connectivity index (χ0v) is 11.9. The molecule has 1 rings (SSSR count). The molecule has 0 aliphatic rings. The number of rotatable bonds is 2. The van der Waals surface area contributed by atoms with E-state index < -0.39 is 6.09 Å². The van der Waals surface area contributed by atoms with Crippen molar-refractivity contribution in [1.29, 1.82) is 0 Å². The van der Waals surface area contributed by atoms with Crippen molar-refractivity contribution < 1.29 is 14.3 Å². The van der Waals surface area contributed by atoms with Crippen molar-refractivity contribution in [3.63, 3.8) is 0 Å². The van der Waals surface area contributed by atoms with Gasteiger partial charge in [0.15, 0.2) is 0 Å². The Kier molecular flexibility index (Phi) is 4.74. The Balaban J connectivity index is 2.88.